The summed E-state index contributed by atoms with van der Waals surface area (Å²) in [5.41, 5.74) is 0.803. The Morgan fingerprint density at radius 1 is 0.966 bits per heavy atom. The minimum absolute atomic E-state index is 0.0607. The molecule has 1 aliphatic rings. The zero-order valence-electron chi connectivity index (χ0n) is 15.1. The fourth-order valence-corrected chi connectivity index (χ4v) is 3.77. The minimum Gasteiger partial charge on any atom is -0.485 e. The number of aromatic nitrogens is 1. The molecule has 3 aromatic rings. The van der Waals surface area contributed by atoms with Crippen LogP contribution in [0.1, 0.15) is 0 Å². The van der Waals surface area contributed by atoms with E-state index in [4.69, 9.17) is 9.47 Å². The van der Waals surface area contributed by atoms with E-state index in [9.17, 15) is 13.2 Å². The van der Waals surface area contributed by atoms with Gasteiger partial charge in [0.1, 0.15) is 6.61 Å². The molecule has 1 aliphatic heterocycles. The summed E-state index contributed by atoms with van der Waals surface area (Å²) in [6.07, 6.45) is 2.16. The monoisotopic (exact) mass is 411 g/mol. The average Bonchev–Trinajstić information content (AvgIpc) is 2.74. The number of benzene rings is 2. The molecule has 1 amide bonds. The fourth-order valence-electron chi connectivity index (χ4n) is 2.73. The van der Waals surface area contributed by atoms with Crippen molar-refractivity contribution in [2.45, 2.75) is 11.0 Å². The zero-order chi connectivity index (χ0) is 20.3. The maximum absolute atomic E-state index is 12.4. The highest BCUT2D eigenvalue weighted by molar-refractivity contribution is 7.92. The van der Waals surface area contributed by atoms with E-state index in [-0.39, 0.29) is 17.4 Å². The minimum atomic E-state index is -3.76. The van der Waals surface area contributed by atoms with Gasteiger partial charge in [0.2, 0.25) is 6.10 Å². The smallest absolute Gasteiger partial charge is 0.269 e. The molecule has 0 saturated heterocycles. The number of rotatable bonds is 5. The number of nitrogens with zero attached hydrogens (tertiary/aromatic N) is 1. The number of carbonyl (C=O) groups excluding carboxylic acids is 1. The van der Waals surface area contributed by atoms with Crippen LogP contribution in [0.3, 0.4) is 0 Å². The predicted octanol–water partition coefficient (Wildman–Crippen LogP) is 2.66. The Bertz CT molecular complexity index is 1120. The Morgan fingerprint density at radius 2 is 1.72 bits per heavy atom. The summed E-state index contributed by atoms with van der Waals surface area (Å²) in [5, 5.41) is 2.70. The van der Waals surface area contributed by atoms with E-state index in [1.807, 2.05) is 6.07 Å². The van der Waals surface area contributed by atoms with E-state index < -0.39 is 16.1 Å². The van der Waals surface area contributed by atoms with Crippen LogP contribution in [0.4, 0.5) is 11.4 Å². The van der Waals surface area contributed by atoms with Gasteiger partial charge in [0.25, 0.3) is 15.9 Å². The molecule has 0 unspecified atom stereocenters. The number of fused-ring (bicyclic) bond motifs is 1. The lowest BCUT2D eigenvalue weighted by Gasteiger charge is -2.25. The number of anilines is 2. The van der Waals surface area contributed by atoms with Crippen LogP contribution in [0.2, 0.25) is 0 Å². The lowest BCUT2D eigenvalue weighted by atomic mass is 10.2. The normalized spacial score (nSPS) is 15.4. The van der Waals surface area contributed by atoms with E-state index in [1.54, 1.807) is 36.5 Å². The first-order valence-corrected chi connectivity index (χ1v) is 10.2. The molecule has 4 rings (SSSR count). The zero-order valence-corrected chi connectivity index (χ0v) is 15.9. The van der Waals surface area contributed by atoms with Crippen LogP contribution in [0.25, 0.3) is 0 Å². The topological polar surface area (TPSA) is 107 Å². The number of carbonyl (C=O) groups is 1. The van der Waals surface area contributed by atoms with Gasteiger partial charge in [-0.25, -0.2) is 8.42 Å². The second-order valence-electron chi connectivity index (χ2n) is 6.23. The van der Waals surface area contributed by atoms with Crippen molar-refractivity contribution >= 4 is 27.3 Å². The summed E-state index contributed by atoms with van der Waals surface area (Å²) in [6.45, 7) is 0.0876. The van der Waals surface area contributed by atoms with Crippen LogP contribution in [0.15, 0.2) is 78.0 Å². The molecule has 1 aromatic heterocycles. The number of hydrogen-bond donors (Lipinski definition) is 2. The fraction of sp³-hybridized carbons (Fsp3) is 0.100. The Labute approximate surface area is 167 Å². The van der Waals surface area contributed by atoms with Crippen molar-refractivity contribution in [2.75, 3.05) is 16.6 Å². The molecule has 0 fully saturated rings. The summed E-state index contributed by atoms with van der Waals surface area (Å²) in [5.74, 6) is 0.706. The van der Waals surface area contributed by atoms with Crippen LogP contribution in [0, 0.1) is 0 Å². The summed E-state index contributed by atoms with van der Waals surface area (Å²) in [6, 6.07) is 16.2. The molecular weight excluding hydrogens is 394 g/mol. The number of amides is 1. The molecule has 0 bridgehead atoms. The molecule has 0 spiro atoms. The third kappa shape index (κ3) is 4.30. The summed E-state index contributed by atoms with van der Waals surface area (Å²) in [4.78, 5) is 16.4. The Hall–Kier alpha value is -3.59. The molecule has 2 aromatic carbocycles. The Morgan fingerprint density at radius 3 is 2.45 bits per heavy atom. The molecular formula is C20H17N3O5S. The van der Waals surface area contributed by atoms with Crippen molar-refractivity contribution in [3.05, 3.63) is 73.1 Å². The van der Waals surface area contributed by atoms with Crippen molar-refractivity contribution in [1.29, 1.82) is 0 Å². The second-order valence-corrected chi connectivity index (χ2v) is 7.91. The van der Waals surface area contributed by atoms with Crippen molar-refractivity contribution in [2.24, 2.45) is 0 Å². The van der Waals surface area contributed by atoms with Gasteiger partial charge < -0.3 is 14.8 Å². The van der Waals surface area contributed by atoms with Crippen LogP contribution >= 0.6 is 0 Å². The van der Waals surface area contributed by atoms with Crippen molar-refractivity contribution in [1.82, 2.24) is 4.98 Å². The van der Waals surface area contributed by atoms with Crippen molar-refractivity contribution < 1.29 is 22.7 Å². The maximum atomic E-state index is 12.4. The number of nitrogens with one attached hydrogen (secondary N) is 2. The summed E-state index contributed by atoms with van der Waals surface area (Å²) < 4.78 is 38.5. The standard InChI is InChI=1S/C20H17N3O5S/c24-20(19-13-27-17-5-1-2-6-18(17)28-19)22-14-7-9-16(10-8-14)29(25,26)23-15-4-3-11-21-12-15/h1-12,19,23H,13H2,(H,22,24)/t19-/m0/s1. The van der Waals surface area contributed by atoms with Crippen LogP contribution < -0.4 is 19.5 Å². The van der Waals surface area contributed by atoms with Gasteiger partial charge in [-0.3, -0.25) is 14.5 Å². The number of sulfonamides is 1. The van der Waals surface area contributed by atoms with Gasteiger partial charge in [0.05, 0.1) is 16.8 Å². The highest BCUT2D eigenvalue weighted by atomic mass is 32.2. The SMILES string of the molecule is O=C(Nc1ccc(S(=O)(=O)Nc2cccnc2)cc1)[C@@H]1COc2ccccc2O1. The lowest BCUT2D eigenvalue weighted by molar-refractivity contribution is -0.125. The van der Waals surface area contributed by atoms with Gasteiger partial charge in [-0.1, -0.05) is 12.1 Å². The van der Waals surface area contributed by atoms with Gasteiger partial charge in [-0.15, -0.1) is 0 Å². The van der Waals surface area contributed by atoms with E-state index in [2.05, 4.69) is 15.0 Å². The largest absolute Gasteiger partial charge is 0.485 e. The number of pyridine rings is 1. The van der Waals surface area contributed by atoms with E-state index in [0.717, 1.165) is 0 Å². The Kier molecular flexibility index (Phi) is 5.05. The van der Waals surface area contributed by atoms with Crippen LogP contribution in [0.5, 0.6) is 11.5 Å². The van der Waals surface area contributed by atoms with Gasteiger partial charge >= 0.3 is 0 Å². The summed E-state index contributed by atoms with van der Waals surface area (Å²) in [7, 11) is -3.76. The molecule has 0 aliphatic carbocycles. The second kappa shape index (κ2) is 7.80. The lowest BCUT2D eigenvalue weighted by Crippen LogP contribution is -2.40. The molecule has 8 nitrogen and oxygen atoms in total. The first-order valence-electron chi connectivity index (χ1n) is 8.73. The third-order valence-electron chi connectivity index (χ3n) is 4.15. The van der Waals surface area contributed by atoms with Gasteiger partial charge in [0.15, 0.2) is 11.5 Å². The average molecular weight is 411 g/mol. The molecule has 148 valence electrons. The molecule has 29 heavy (non-hydrogen) atoms. The molecule has 9 heteroatoms. The number of ether oxygens (including phenoxy) is 2. The van der Waals surface area contributed by atoms with E-state index in [1.165, 1.54) is 30.5 Å². The van der Waals surface area contributed by atoms with Gasteiger partial charge in [0, 0.05) is 11.9 Å². The predicted molar refractivity (Wildman–Crippen MR) is 106 cm³/mol. The highest BCUT2D eigenvalue weighted by Gasteiger charge is 2.27. The van der Waals surface area contributed by atoms with Crippen molar-refractivity contribution in [3.63, 3.8) is 0 Å². The quantitative estimate of drug-likeness (QED) is 0.669. The van der Waals surface area contributed by atoms with Crippen LogP contribution in [-0.2, 0) is 14.8 Å². The number of para-hydroxylation sites is 2. The van der Waals surface area contributed by atoms with E-state index in [0.29, 0.717) is 22.9 Å². The highest BCUT2D eigenvalue weighted by Crippen LogP contribution is 2.31. The van der Waals surface area contributed by atoms with Gasteiger partial charge in [-0.2, -0.15) is 0 Å². The van der Waals surface area contributed by atoms with Gasteiger partial charge in [-0.05, 0) is 48.5 Å². The first kappa shape index (κ1) is 18.8. The summed E-state index contributed by atoms with van der Waals surface area (Å²) >= 11 is 0. The molecule has 0 radical (unpaired) electrons. The molecule has 1 atom stereocenters. The first-order chi connectivity index (χ1) is 14.0. The molecule has 0 saturated carbocycles. The third-order valence-corrected chi connectivity index (χ3v) is 5.54. The Balaban J connectivity index is 1.41. The number of hydrogen-bond acceptors (Lipinski definition) is 6. The van der Waals surface area contributed by atoms with Crippen LogP contribution in [-0.4, -0.2) is 32.0 Å². The van der Waals surface area contributed by atoms with Crippen molar-refractivity contribution in [3.8, 4) is 11.5 Å². The van der Waals surface area contributed by atoms with E-state index >= 15 is 0 Å². The molecule has 2 N–H and O–H groups in total. The maximum Gasteiger partial charge on any atom is 0.269 e. The molecule has 2 heterocycles.